The highest BCUT2D eigenvalue weighted by atomic mass is 16.2. The van der Waals surface area contributed by atoms with Crippen LogP contribution in [0.5, 0.6) is 0 Å². The molecule has 1 heterocycles. The van der Waals surface area contributed by atoms with Crippen molar-refractivity contribution in [3.05, 3.63) is 0 Å². The molecule has 0 radical (unpaired) electrons. The Balaban J connectivity index is 2.33. The summed E-state index contributed by atoms with van der Waals surface area (Å²) in [5.74, 6) is 1.43. The molecule has 3 heteroatoms. The summed E-state index contributed by atoms with van der Waals surface area (Å²) in [6.45, 7) is 6.90. The van der Waals surface area contributed by atoms with Crippen LogP contribution in [0.4, 0.5) is 0 Å². The van der Waals surface area contributed by atoms with Gasteiger partial charge in [0.1, 0.15) is 0 Å². The highest BCUT2D eigenvalue weighted by Gasteiger charge is 2.26. The van der Waals surface area contributed by atoms with Crippen LogP contribution in [-0.4, -0.2) is 30.4 Å². The van der Waals surface area contributed by atoms with Gasteiger partial charge in [-0.15, -0.1) is 0 Å². The average Bonchev–Trinajstić information content (AvgIpc) is 2.74. The summed E-state index contributed by atoms with van der Waals surface area (Å²) in [4.78, 5) is 14.0. The molecule has 0 aliphatic carbocycles. The van der Waals surface area contributed by atoms with Gasteiger partial charge in [-0.1, -0.05) is 26.7 Å². The van der Waals surface area contributed by atoms with E-state index in [1.54, 1.807) is 0 Å². The van der Waals surface area contributed by atoms with Gasteiger partial charge in [-0.2, -0.15) is 0 Å². The van der Waals surface area contributed by atoms with Gasteiger partial charge in [-0.05, 0) is 31.2 Å². The Bertz CT molecular complexity index is 214. The first-order valence-corrected chi connectivity index (χ1v) is 6.69. The van der Waals surface area contributed by atoms with Crippen LogP contribution >= 0.6 is 0 Å². The summed E-state index contributed by atoms with van der Waals surface area (Å²) in [7, 11) is 0. The van der Waals surface area contributed by atoms with E-state index in [4.69, 9.17) is 5.73 Å². The first-order chi connectivity index (χ1) is 7.71. The molecule has 2 N–H and O–H groups in total. The topological polar surface area (TPSA) is 46.3 Å². The van der Waals surface area contributed by atoms with Gasteiger partial charge in [0.2, 0.25) is 5.91 Å². The third-order valence-electron chi connectivity index (χ3n) is 3.71. The van der Waals surface area contributed by atoms with Crippen LogP contribution in [0.1, 0.15) is 46.0 Å². The fraction of sp³-hybridized carbons (Fsp3) is 0.923. The van der Waals surface area contributed by atoms with Gasteiger partial charge >= 0.3 is 0 Å². The van der Waals surface area contributed by atoms with Crippen molar-refractivity contribution >= 4 is 5.91 Å². The molecule has 0 spiro atoms. The second-order valence-corrected chi connectivity index (χ2v) is 5.00. The van der Waals surface area contributed by atoms with E-state index in [1.165, 1.54) is 19.3 Å². The van der Waals surface area contributed by atoms with Crippen molar-refractivity contribution in [3.63, 3.8) is 0 Å². The molecule has 2 atom stereocenters. The van der Waals surface area contributed by atoms with E-state index >= 15 is 0 Å². The first kappa shape index (κ1) is 13.5. The quantitative estimate of drug-likeness (QED) is 0.753. The fourth-order valence-corrected chi connectivity index (χ4v) is 2.47. The molecular weight excluding hydrogens is 200 g/mol. The molecule has 0 bridgehead atoms. The number of amides is 1. The van der Waals surface area contributed by atoms with E-state index in [0.717, 1.165) is 25.4 Å². The Morgan fingerprint density at radius 2 is 2.25 bits per heavy atom. The molecule has 16 heavy (non-hydrogen) atoms. The summed E-state index contributed by atoms with van der Waals surface area (Å²) in [6, 6.07) is 0. The highest BCUT2D eigenvalue weighted by Crippen LogP contribution is 2.22. The molecular formula is C13H26N2O. The van der Waals surface area contributed by atoms with E-state index < -0.39 is 0 Å². The lowest BCUT2D eigenvalue weighted by atomic mass is 10.0. The smallest absolute Gasteiger partial charge is 0.222 e. The van der Waals surface area contributed by atoms with Crippen molar-refractivity contribution in [2.45, 2.75) is 46.0 Å². The molecule has 0 saturated carbocycles. The van der Waals surface area contributed by atoms with Crippen LogP contribution in [0.25, 0.3) is 0 Å². The molecule has 1 fully saturated rings. The molecule has 1 aliphatic rings. The van der Waals surface area contributed by atoms with Crippen molar-refractivity contribution in [1.29, 1.82) is 0 Å². The number of hydrogen-bond acceptors (Lipinski definition) is 2. The fourth-order valence-electron chi connectivity index (χ4n) is 2.47. The maximum Gasteiger partial charge on any atom is 0.222 e. The predicted octanol–water partition coefficient (Wildman–Crippen LogP) is 2.01. The Kier molecular flexibility index (Phi) is 5.81. The first-order valence-electron chi connectivity index (χ1n) is 6.69. The van der Waals surface area contributed by atoms with Crippen LogP contribution in [0.2, 0.25) is 0 Å². The molecule has 1 aliphatic heterocycles. The van der Waals surface area contributed by atoms with Gasteiger partial charge in [0.25, 0.3) is 0 Å². The van der Waals surface area contributed by atoms with Gasteiger partial charge in [0, 0.05) is 19.5 Å². The second kappa shape index (κ2) is 6.89. The number of nitrogens with two attached hydrogens (primary N) is 1. The normalized spacial score (nSPS) is 22.4. The zero-order chi connectivity index (χ0) is 12.0. The lowest BCUT2D eigenvalue weighted by molar-refractivity contribution is -0.131. The van der Waals surface area contributed by atoms with E-state index in [0.29, 0.717) is 24.8 Å². The van der Waals surface area contributed by atoms with Crippen molar-refractivity contribution in [1.82, 2.24) is 4.90 Å². The highest BCUT2D eigenvalue weighted by molar-refractivity contribution is 5.76. The predicted molar refractivity (Wildman–Crippen MR) is 67.0 cm³/mol. The van der Waals surface area contributed by atoms with Gasteiger partial charge in [-0.25, -0.2) is 0 Å². The zero-order valence-electron chi connectivity index (χ0n) is 10.7. The molecule has 2 unspecified atom stereocenters. The molecule has 0 aromatic carbocycles. The van der Waals surface area contributed by atoms with E-state index in [-0.39, 0.29) is 0 Å². The van der Waals surface area contributed by atoms with Gasteiger partial charge in [-0.3, -0.25) is 4.79 Å². The number of carbonyl (C=O) groups excluding carboxylic acids is 1. The molecule has 1 saturated heterocycles. The molecule has 0 aromatic heterocycles. The largest absolute Gasteiger partial charge is 0.342 e. The van der Waals surface area contributed by atoms with Crippen LogP contribution in [0.15, 0.2) is 0 Å². The third-order valence-corrected chi connectivity index (χ3v) is 3.71. The second-order valence-electron chi connectivity index (χ2n) is 5.00. The van der Waals surface area contributed by atoms with Crippen molar-refractivity contribution in [2.75, 3.05) is 19.6 Å². The number of hydrogen-bond donors (Lipinski definition) is 1. The van der Waals surface area contributed by atoms with E-state index in [9.17, 15) is 4.79 Å². The van der Waals surface area contributed by atoms with E-state index in [1.807, 2.05) is 4.90 Å². The number of carbonyl (C=O) groups is 1. The van der Waals surface area contributed by atoms with Gasteiger partial charge in [0.05, 0.1) is 0 Å². The summed E-state index contributed by atoms with van der Waals surface area (Å²) in [5, 5.41) is 0. The number of nitrogens with zero attached hydrogens (tertiary/aromatic N) is 1. The van der Waals surface area contributed by atoms with Crippen molar-refractivity contribution in [2.24, 2.45) is 17.6 Å². The maximum absolute atomic E-state index is 12.0. The Hall–Kier alpha value is -0.570. The van der Waals surface area contributed by atoms with Crippen LogP contribution < -0.4 is 5.73 Å². The molecule has 1 rings (SSSR count). The van der Waals surface area contributed by atoms with Crippen LogP contribution in [0.3, 0.4) is 0 Å². The molecule has 0 aromatic rings. The minimum Gasteiger partial charge on any atom is -0.342 e. The average molecular weight is 226 g/mol. The summed E-state index contributed by atoms with van der Waals surface area (Å²) in [6.07, 6.45) is 5.34. The molecule has 3 nitrogen and oxygen atoms in total. The Morgan fingerprint density at radius 1 is 1.50 bits per heavy atom. The minimum atomic E-state index is 0.316. The van der Waals surface area contributed by atoms with Crippen LogP contribution in [-0.2, 0) is 4.79 Å². The van der Waals surface area contributed by atoms with Gasteiger partial charge < -0.3 is 10.6 Å². The summed E-state index contributed by atoms with van der Waals surface area (Å²) >= 11 is 0. The Labute approximate surface area is 99.4 Å². The monoisotopic (exact) mass is 226 g/mol. The number of rotatable bonds is 6. The SMILES string of the molecule is CCCC1CCN(C(=O)CC(CC)CN)C1. The summed E-state index contributed by atoms with van der Waals surface area (Å²) in [5.41, 5.74) is 5.63. The number of likely N-dealkylation sites (tertiary alicyclic amines) is 1. The summed E-state index contributed by atoms with van der Waals surface area (Å²) < 4.78 is 0. The van der Waals surface area contributed by atoms with Crippen LogP contribution in [0, 0.1) is 11.8 Å². The third kappa shape index (κ3) is 3.78. The standard InChI is InChI=1S/C13H26N2O/c1-3-5-12-6-7-15(10-12)13(16)8-11(4-2)9-14/h11-12H,3-10,14H2,1-2H3. The lowest BCUT2D eigenvalue weighted by Crippen LogP contribution is -2.31. The van der Waals surface area contributed by atoms with E-state index in [2.05, 4.69) is 13.8 Å². The van der Waals surface area contributed by atoms with Gasteiger partial charge in [0.15, 0.2) is 0 Å². The molecule has 1 amide bonds. The maximum atomic E-state index is 12.0. The molecule has 94 valence electrons. The zero-order valence-corrected chi connectivity index (χ0v) is 10.7. The van der Waals surface area contributed by atoms with Crippen molar-refractivity contribution in [3.8, 4) is 0 Å². The van der Waals surface area contributed by atoms with Crippen molar-refractivity contribution < 1.29 is 4.79 Å². The Morgan fingerprint density at radius 3 is 2.81 bits per heavy atom. The lowest BCUT2D eigenvalue weighted by Gasteiger charge is -2.19. The minimum absolute atomic E-state index is 0.316.